The molecule has 0 radical (unpaired) electrons. The summed E-state index contributed by atoms with van der Waals surface area (Å²) in [5.74, 6) is 0.816. The van der Waals surface area contributed by atoms with Gasteiger partial charge in [-0.25, -0.2) is 0 Å². The number of rotatable bonds is 4. The summed E-state index contributed by atoms with van der Waals surface area (Å²) in [5, 5.41) is 1.27. The van der Waals surface area contributed by atoms with E-state index in [1.807, 2.05) is 6.92 Å². The quantitative estimate of drug-likeness (QED) is 0.415. The minimum atomic E-state index is 0.288. The molecule has 8 heavy (non-hydrogen) atoms. The summed E-state index contributed by atoms with van der Waals surface area (Å²) in [6.45, 7) is 7.40. The van der Waals surface area contributed by atoms with Gasteiger partial charge in [0.25, 0.3) is 0 Å². The molecule has 0 spiro atoms. The van der Waals surface area contributed by atoms with E-state index in [0.717, 1.165) is 12.5 Å². The molecule has 0 aliphatic rings. The zero-order valence-corrected chi connectivity index (χ0v) is 7.13. The van der Waals surface area contributed by atoms with Crippen LogP contribution < -0.4 is 0 Å². The molecular formula is C6H14AlO+. The van der Waals surface area contributed by atoms with Gasteiger partial charge in [0, 0.05) is 0 Å². The monoisotopic (exact) mass is 129 g/mol. The Morgan fingerprint density at radius 1 is 1.50 bits per heavy atom. The fourth-order valence-electron chi connectivity index (χ4n) is 0.378. The fourth-order valence-corrected chi connectivity index (χ4v) is 1.14. The van der Waals surface area contributed by atoms with Crippen LogP contribution in [-0.2, 0) is 3.79 Å². The van der Waals surface area contributed by atoms with E-state index in [1.54, 1.807) is 0 Å². The van der Waals surface area contributed by atoms with Crippen LogP contribution in [-0.4, -0.2) is 22.2 Å². The van der Waals surface area contributed by atoms with Crippen LogP contribution in [0.15, 0.2) is 0 Å². The van der Waals surface area contributed by atoms with Crippen LogP contribution in [0, 0.1) is 5.92 Å². The van der Waals surface area contributed by atoms with Gasteiger partial charge < -0.3 is 0 Å². The van der Waals surface area contributed by atoms with Crippen molar-refractivity contribution in [3.63, 3.8) is 0 Å². The average molecular weight is 129 g/mol. The van der Waals surface area contributed by atoms with Gasteiger partial charge in [-0.1, -0.05) is 0 Å². The normalized spacial score (nSPS) is 9.50. The second-order valence-corrected chi connectivity index (χ2v) is 3.39. The van der Waals surface area contributed by atoms with Gasteiger partial charge >= 0.3 is 57.9 Å². The molecule has 46 valence electrons. The van der Waals surface area contributed by atoms with Crippen molar-refractivity contribution in [2.75, 3.05) is 6.61 Å². The molecule has 0 aromatic heterocycles. The molecule has 0 aromatic carbocycles. The first-order valence-corrected chi connectivity index (χ1v) is 4.49. The minimum absolute atomic E-state index is 0.288. The standard InChI is InChI=1S/C4H9.C2H5O.Al/c1-4(2)3;1-2-3;/h4H,1H2,2-3H3;2H2,1H3;/q;-1;+2. The molecule has 1 nitrogen and oxygen atoms in total. The Hall–Kier alpha value is 0.492. The predicted molar refractivity (Wildman–Crippen MR) is 37.0 cm³/mol. The molecule has 0 rings (SSSR count). The van der Waals surface area contributed by atoms with Crippen LogP contribution in [0.4, 0.5) is 0 Å². The van der Waals surface area contributed by atoms with Crippen LogP contribution in [0.2, 0.25) is 5.28 Å². The Kier molecular flexibility index (Phi) is 5.97. The third kappa shape index (κ3) is 6.49. The van der Waals surface area contributed by atoms with Gasteiger partial charge in [0.15, 0.2) is 0 Å². The Morgan fingerprint density at radius 3 is 2.50 bits per heavy atom. The summed E-state index contributed by atoms with van der Waals surface area (Å²) in [6.07, 6.45) is 0. The van der Waals surface area contributed by atoms with Crippen LogP contribution in [0.3, 0.4) is 0 Å². The maximum absolute atomic E-state index is 5.23. The van der Waals surface area contributed by atoms with Crippen molar-refractivity contribution < 1.29 is 3.79 Å². The maximum atomic E-state index is 5.23. The van der Waals surface area contributed by atoms with Crippen molar-refractivity contribution >= 4 is 15.6 Å². The van der Waals surface area contributed by atoms with Gasteiger partial charge in [-0.3, -0.25) is 0 Å². The second kappa shape index (κ2) is 5.63. The first-order valence-electron chi connectivity index (χ1n) is 3.20. The molecule has 0 saturated heterocycles. The molecular weight excluding hydrogens is 115 g/mol. The van der Waals surface area contributed by atoms with Crippen molar-refractivity contribution in [1.82, 2.24) is 0 Å². The summed E-state index contributed by atoms with van der Waals surface area (Å²) in [7, 11) is 0. The number of hydrogen-bond acceptors (Lipinski definition) is 1. The van der Waals surface area contributed by atoms with E-state index >= 15 is 0 Å². The Morgan fingerprint density at radius 2 is 2.12 bits per heavy atom. The summed E-state index contributed by atoms with van der Waals surface area (Å²) < 4.78 is 5.23. The predicted octanol–water partition coefficient (Wildman–Crippen LogP) is 1.72. The molecule has 0 N–H and O–H groups in total. The van der Waals surface area contributed by atoms with E-state index in [4.69, 9.17) is 3.79 Å². The van der Waals surface area contributed by atoms with E-state index in [-0.39, 0.29) is 15.6 Å². The summed E-state index contributed by atoms with van der Waals surface area (Å²) >= 11 is 0.288. The molecule has 0 bridgehead atoms. The average Bonchev–Trinajstić information content (AvgIpc) is 1.66. The van der Waals surface area contributed by atoms with Gasteiger partial charge in [-0.2, -0.15) is 0 Å². The zero-order chi connectivity index (χ0) is 6.41. The molecule has 0 aliphatic heterocycles. The molecule has 2 heteroatoms. The molecule has 0 aliphatic carbocycles. The van der Waals surface area contributed by atoms with Gasteiger partial charge in [0.1, 0.15) is 0 Å². The van der Waals surface area contributed by atoms with Gasteiger partial charge in [0.2, 0.25) is 0 Å². The Labute approximate surface area is 58.5 Å². The van der Waals surface area contributed by atoms with Gasteiger partial charge in [0.05, 0.1) is 0 Å². The number of hydrogen-bond donors (Lipinski definition) is 0. The SMILES string of the molecule is CC[O][Al+][CH2]C(C)C. The van der Waals surface area contributed by atoms with Crippen LogP contribution in [0.1, 0.15) is 20.8 Å². The van der Waals surface area contributed by atoms with Gasteiger partial charge in [-0.15, -0.1) is 0 Å². The molecule has 0 aromatic rings. The van der Waals surface area contributed by atoms with Crippen molar-refractivity contribution in [3.8, 4) is 0 Å². The van der Waals surface area contributed by atoms with Crippen LogP contribution >= 0.6 is 0 Å². The fraction of sp³-hybridized carbons (Fsp3) is 1.00. The second-order valence-electron chi connectivity index (χ2n) is 2.25. The topological polar surface area (TPSA) is 9.23 Å². The molecule has 0 unspecified atom stereocenters. The van der Waals surface area contributed by atoms with Crippen molar-refractivity contribution in [2.45, 2.75) is 26.1 Å². The van der Waals surface area contributed by atoms with E-state index < -0.39 is 0 Å². The van der Waals surface area contributed by atoms with Gasteiger partial charge in [-0.05, 0) is 0 Å². The van der Waals surface area contributed by atoms with E-state index in [1.165, 1.54) is 5.28 Å². The molecule has 0 atom stereocenters. The van der Waals surface area contributed by atoms with Crippen LogP contribution in [0.5, 0.6) is 0 Å². The molecule has 0 amide bonds. The van der Waals surface area contributed by atoms with Crippen LogP contribution in [0.25, 0.3) is 0 Å². The zero-order valence-electron chi connectivity index (χ0n) is 5.98. The third-order valence-corrected chi connectivity index (χ3v) is 2.56. The summed E-state index contributed by atoms with van der Waals surface area (Å²) in [6, 6.07) is 0. The Bertz CT molecular complexity index is 45.8. The van der Waals surface area contributed by atoms with E-state index in [9.17, 15) is 0 Å². The first-order chi connectivity index (χ1) is 3.77. The van der Waals surface area contributed by atoms with Crippen molar-refractivity contribution in [2.24, 2.45) is 5.92 Å². The van der Waals surface area contributed by atoms with Crippen molar-refractivity contribution in [1.29, 1.82) is 0 Å². The summed E-state index contributed by atoms with van der Waals surface area (Å²) in [4.78, 5) is 0. The summed E-state index contributed by atoms with van der Waals surface area (Å²) in [5.41, 5.74) is 0. The third-order valence-electron chi connectivity index (χ3n) is 0.852. The molecule has 0 heterocycles. The first kappa shape index (κ1) is 8.49. The Balaban J connectivity index is 2.72. The van der Waals surface area contributed by atoms with E-state index in [0.29, 0.717) is 0 Å². The molecule has 0 saturated carbocycles. The van der Waals surface area contributed by atoms with E-state index in [2.05, 4.69) is 13.8 Å². The van der Waals surface area contributed by atoms with Crippen molar-refractivity contribution in [3.05, 3.63) is 0 Å². The molecule has 0 fully saturated rings.